The highest BCUT2D eigenvalue weighted by molar-refractivity contribution is 5.34. The van der Waals surface area contributed by atoms with Crippen molar-refractivity contribution in [1.82, 2.24) is 14.5 Å². The largest absolute Gasteiger partial charge is 0.416 e. The van der Waals surface area contributed by atoms with Crippen LogP contribution in [-0.2, 0) is 19.1 Å². The number of halogens is 3. The number of nitrogens with two attached hydrogens (primary N) is 1. The van der Waals surface area contributed by atoms with E-state index in [1.807, 2.05) is 37.3 Å². The number of anilines is 1. The summed E-state index contributed by atoms with van der Waals surface area (Å²) in [5, 5.41) is 0. The highest BCUT2D eigenvalue weighted by Gasteiger charge is 2.35. The Kier molecular flexibility index (Phi) is 6.17. The Bertz CT molecular complexity index is 1250. The Morgan fingerprint density at radius 3 is 2.31 bits per heavy atom. The van der Waals surface area contributed by atoms with Gasteiger partial charge in [0.25, 0.3) is 5.56 Å². The van der Waals surface area contributed by atoms with Crippen LogP contribution in [0.2, 0.25) is 0 Å². The molecule has 35 heavy (non-hydrogen) atoms. The number of nitrogens with zero attached hydrogens (tertiary/aromatic N) is 3. The number of hydrogen-bond acceptors (Lipinski definition) is 4. The molecular weight excluding hydrogens is 453 g/mol. The summed E-state index contributed by atoms with van der Waals surface area (Å²) in [6.45, 7) is 2.99. The molecular formula is C27H29F3N4O. The Hall–Kier alpha value is -3.13. The minimum Gasteiger partial charge on any atom is -0.369 e. The lowest BCUT2D eigenvalue weighted by Gasteiger charge is -2.37. The first-order chi connectivity index (χ1) is 16.7. The third kappa shape index (κ3) is 4.47. The number of hydrogen-bond donors (Lipinski definition) is 1. The summed E-state index contributed by atoms with van der Waals surface area (Å²) in [7, 11) is 0. The van der Waals surface area contributed by atoms with Crippen molar-refractivity contribution in [1.29, 1.82) is 0 Å². The molecule has 1 aliphatic carbocycles. The fourth-order valence-electron chi connectivity index (χ4n) is 5.33. The van der Waals surface area contributed by atoms with Crippen LogP contribution in [0.1, 0.15) is 66.2 Å². The van der Waals surface area contributed by atoms with Crippen molar-refractivity contribution in [2.24, 2.45) is 5.92 Å². The Morgan fingerprint density at radius 1 is 1.03 bits per heavy atom. The van der Waals surface area contributed by atoms with E-state index in [-0.39, 0.29) is 23.6 Å². The van der Waals surface area contributed by atoms with E-state index in [1.54, 1.807) is 4.57 Å². The van der Waals surface area contributed by atoms with Gasteiger partial charge < -0.3 is 5.73 Å². The van der Waals surface area contributed by atoms with Gasteiger partial charge in [-0.3, -0.25) is 14.3 Å². The molecule has 1 aliphatic heterocycles. The Balaban J connectivity index is 1.47. The molecule has 0 spiro atoms. The molecule has 0 radical (unpaired) electrons. The van der Waals surface area contributed by atoms with Gasteiger partial charge in [-0.1, -0.05) is 48.9 Å². The molecule has 2 aromatic carbocycles. The SMILES string of the molecule is C[C@@H](c1ccc(C(F)(F)F)cc1)N1CCc2nc(N)n(C(c3ccccc3)C3CCC3)c(=O)c2C1. The van der Waals surface area contributed by atoms with Crippen LogP contribution in [0.15, 0.2) is 59.4 Å². The lowest BCUT2D eigenvalue weighted by Crippen LogP contribution is -2.42. The zero-order valence-corrected chi connectivity index (χ0v) is 19.6. The summed E-state index contributed by atoms with van der Waals surface area (Å²) in [6.07, 6.45) is -0.572. The summed E-state index contributed by atoms with van der Waals surface area (Å²) >= 11 is 0. The molecule has 0 bridgehead atoms. The normalized spacial score (nSPS) is 18.5. The monoisotopic (exact) mass is 482 g/mol. The molecule has 5 rings (SSSR count). The molecule has 1 fully saturated rings. The van der Waals surface area contributed by atoms with Crippen molar-refractivity contribution in [2.75, 3.05) is 12.3 Å². The predicted molar refractivity (Wildman–Crippen MR) is 129 cm³/mol. The van der Waals surface area contributed by atoms with E-state index < -0.39 is 11.7 Å². The smallest absolute Gasteiger partial charge is 0.369 e. The average molecular weight is 483 g/mol. The van der Waals surface area contributed by atoms with Gasteiger partial charge in [0, 0.05) is 25.6 Å². The maximum Gasteiger partial charge on any atom is 0.416 e. The fourth-order valence-corrected chi connectivity index (χ4v) is 5.33. The molecule has 0 saturated heterocycles. The zero-order valence-electron chi connectivity index (χ0n) is 19.6. The lowest BCUT2D eigenvalue weighted by molar-refractivity contribution is -0.137. The first-order valence-electron chi connectivity index (χ1n) is 12.1. The molecule has 8 heteroatoms. The molecule has 1 saturated carbocycles. The summed E-state index contributed by atoms with van der Waals surface area (Å²) in [4.78, 5) is 20.6. The van der Waals surface area contributed by atoms with Gasteiger partial charge in [0.1, 0.15) is 0 Å². The maximum absolute atomic E-state index is 13.8. The number of fused-ring (bicyclic) bond motifs is 1. The maximum atomic E-state index is 13.8. The van der Waals surface area contributed by atoms with Crippen molar-refractivity contribution >= 4 is 5.95 Å². The van der Waals surface area contributed by atoms with Crippen LogP contribution < -0.4 is 11.3 Å². The van der Waals surface area contributed by atoms with Crippen molar-refractivity contribution in [3.8, 4) is 0 Å². The number of alkyl halides is 3. The van der Waals surface area contributed by atoms with E-state index in [2.05, 4.69) is 9.88 Å². The molecule has 184 valence electrons. The molecule has 5 nitrogen and oxygen atoms in total. The van der Waals surface area contributed by atoms with E-state index in [1.165, 1.54) is 12.1 Å². The van der Waals surface area contributed by atoms with Crippen LogP contribution in [0.3, 0.4) is 0 Å². The van der Waals surface area contributed by atoms with E-state index in [4.69, 9.17) is 5.73 Å². The average Bonchev–Trinajstić information content (AvgIpc) is 2.82. The van der Waals surface area contributed by atoms with Gasteiger partial charge in [0.05, 0.1) is 22.9 Å². The van der Waals surface area contributed by atoms with E-state index in [0.717, 1.165) is 48.2 Å². The van der Waals surface area contributed by atoms with Gasteiger partial charge in [-0.2, -0.15) is 13.2 Å². The number of rotatable bonds is 5. The van der Waals surface area contributed by atoms with E-state index >= 15 is 0 Å². The van der Waals surface area contributed by atoms with Gasteiger partial charge in [-0.25, -0.2) is 4.98 Å². The number of aromatic nitrogens is 2. The highest BCUT2D eigenvalue weighted by Crippen LogP contribution is 2.40. The summed E-state index contributed by atoms with van der Waals surface area (Å²) in [6, 6.07) is 14.9. The fraction of sp³-hybridized carbons (Fsp3) is 0.407. The summed E-state index contributed by atoms with van der Waals surface area (Å²) in [5.41, 5.74) is 8.79. The molecule has 1 unspecified atom stereocenters. The second-order valence-electron chi connectivity index (χ2n) is 9.63. The molecule has 3 aromatic rings. The second-order valence-corrected chi connectivity index (χ2v) is 9.63. The van der Waals surface area contributed by atoms with E-state index in [9.17, 15) is 18.0 Å². The highest BCUT2D eigenvalue weighted by atomic mass is 19.4. The molecule has 2 atom stereocenters. The third-order valence-electron chi connectivity index (χ3n) is 7.60. The minimum absolute atomic E-state index is 0.113. The van der Waals surface area contributed by atoms with Crippen molar-refractivity contribution in [3.05, 3.63) is 92.9 Å². The summed E-state index contributed by atoms with van der Waals surface area (Å²) in [5.74, 6) is 0.585. The standard InChI is InChI=1S/C27H29F3N4O/c1-17(18-10-12-21(13-11-18)27(28,29)30)33-15-14-23-22(16-33)25(35)34(26(31)32-23)24(20-8-5-9-20)19-6-3-2-4-7-19/h2-4,6-7,10-13,17,20,24H,5,8-9,14-16H2,1H3,(H2,31,32)/t17-,24?/m0/s1. The van der Waals surface area contributed by atoms with Crippen LogP contribution in [-0.4, -0.2) is 21.0 Å². The van der Waals surface area contributed by atoms with Crippen molar-refractivity contribution in [2.45, 2.75) is 57.4 Å². The van der Waals surface area contributed by atoms with Gasteiger partial charge in [0.2, 0.25) is 5.95 Å². The van der Waals surface area contributed by atoms with Crippen molar-refractivity contribution < 1.29 is 13.2 Å². The second kappa shape index (κ2) is 9.15. The van der Waals surface area contributed by atoms with Crippen molar-refractivity contribution in [3.63, 3.8) is 0 Å². The molecule has 0 amide bonds. The Morgan fingerprint density at radius 2 is 1.71 bits per heavy atom. The first-order valence-corrected chi connectivity index (χ1v) is 12.1. The van der Waals surface area contributed by atoms with Crippen LogP contribution in [0.4, 0.5) is 19.1 Å². The van der Waals surface area contributed by atoms with Crippen LogP contribution in [0.25, 0.3) is 0 Å². The van der Waals surface area contributed by atoms with Crippen LogP contribution in [0.5, 0.6) is 0 Å². The minimum atomic E-state index is -4.36. The molecule has 2 N–H and O–H groups in total. The molecule has 1 aromatic heterocycles. The zero-order chi connectivity index (χ0) is 24.7. The molecule has 2 heterocycles. The van der Waals surface area contributed by atoms with Gasteiger partial charge in [0.15, 0.2) is 0 Å². The van der Waals surface area contributed by atoms with Gasteiger partial charge >= 0.3 is 6.18 Å². The van der Waals surface area contributed by atoms with Gasteiger partial charge in [-0.05, 0) is 48.9 Å². The molecule has 2 aliphatic rings. The first kappa shape index (κ1) is 23.6. The topological polar surface area (TPSA) is 64.2 Å². The van der Waals surface area contributed by atoms with Crippen LogP contribution in [0, 0.1) is 5.92 Å². The van der Waals surface area contributed by atoms with Crippen LogP contribution >= 0.6 is 0 Å². The number of benzene rings is 2. The predicted octanol–water partition coefficient (Wildman–Crippen LogP) is 5.35. The number of nitrogen functional groups attached to an aromatic ring is 1. The Labute approximate surface area is 202 Å². The quantitative estimate of drug-likeness (QED) is 0.532. The van der Waals surface area contributed by atoms with Gasteiger partial charge in [-0.15, -0.1) is 0 Å². The lowest BCUT2D eigenvalue weighted by atomic mass is 9.77. The third-order valence-corrected chi connectivity index (χ3v) is 7.60. The van der Waals surface area contributed by atoms with E-state index in [0.29, 0.717) is 31.0 Å². The summed E-state index contributed by atoms with van der Waals surface area (Å²) < 4.78 is 40.6.